The number of thiophene rings is 1. The second-order valence-corrected chi connectivity index (χ2v) is 11.5. The maximum absolute atomic E-state index is 6.70. The minimum atomic E-state index is 0.911. The Morgan fingerprint density at radius 1 is 0.400 bits per heavy atom. The van der Waals surface area contributed by atoms with Crippen LogP contribution in [0.4, 0.5) is 0 Å². The second kappa shape index (κ2) is 8.29. The predicted octanol–water partition coefficient (Wildman–Crippen LogP) is 11.6. The van der Waals surface area contributed by atoms with Gasteiger partial charge < -0.3 is 4.42 Å². The Morgan fingerprint density at radius 3 is 1.75 bits per heavy atom. The van der Waals surface area contributed by atoms with Gasteiger partial charge >= 0.3 is 0 Å². The molecule has 0 spiro atoms. The molecule has 0 aliphatic rings. The van der Waals surface area contributed by atoms with Crippen LogP contribution in [0.25, 0.3) is 85.9 Å². The number of fused-ring (bicyclic) bond motifs is 7. The molecular formula is C38H22OS. The quantitative estimate of drug-likeness (QED) is 0.204. The second-order valence-electron chi connectivity index (χ2n) is 10.5. The highest BCUT2D eigenvalue weighted by atomic mass is 32.1. The largest absolute Gasteiger partial charge is 0.456 e. The van der Waals surface area contributed by atoms with Crippen molar-refractivity contribution < 1.29 is 4.42 Å². The zero-order chi connectivity index (χ0) is 26.2. The third kappa shape index (κ3) is 3.08. The van der Waals surface area contributed by atoms with E-state index in [1.54, 1.807) is 0 Å². The molecule has 0 unspecified atom stereocenters. The maximum atomic E-state index is 6.70. The van der Waals surface area contributed by atoms with Crippen LogP contribution in [0.2, 0.25) is 0 Å². The first-order chi connectivity index (χ1) is 19.8. The minimum Gasteiger partial charge on any atom is -0.456 e. The van der Waals surface area contributed by atoms with Crippen LogP contribution < -0.4 is 0 Å². The van der Waals surface area contributed by atoms with Gasteiger partial charge in [-0.2, -0.15) is 0 Å². The first kappa shape index (κ1) is 22.0. The molecule has 2 heterocycles. The zero-order valence-corrected chi connectivity index (χ0v) is 22.3. The summed E-state index contributed by atoms with van der Waals surface area (Å²) >= 11 is 1.83. The molecule has 0 amide bonds. The lowest BCUT2D eigenvalue weighted by atomic mass is 9.86. The van der Waals surface area contributed by atoms with Gasteiger partial charge in [0.05, 0.1) is 0 Å². The molecule has 7 aromatic carbocycles. The fraction of sp³-hybridized carbons (Fsp3) is 0. The summed E-state index contributed by atoms with van der Waals surface area (Å²) in [6, 6.07) is 48.2. The van der Waals surface area contributed by atoms with E-state index in [2.05, 4.69) is 133 Å². The number of hydrogen-bond donors (Lipinski definition) is 0. The predicted molar refractivity (Wildman–Crippen MR) is 172 cm³/mol. The van der Waals surface area contributed by atoms with Gasteiger partial charge in [-0.1, -0.05) is 109 Å². The van der Waals surface area contributed by atoms with E-state index in [4.69, 9.17) is 4.42 Å². The first-order valence-corrected chi connectivity index (χ1v) is 14.4. The topological polar surface area (TPSA) is 13.1 Å². The molecule has 0 atom stereocenters. The Kier molecular flexibility index (Phi) is 4.55. The number of benzene rings is 7. The molecule has 2 aromatic heterocycles. The lowest BCUT2D eigenvalue weighted by molar-refractivity contribution is 0.633. The van der Waals surface area contributed by atoms with Crippen LogP contribution in [0.1, 0.15) is 0 Å². The third-order valence-corrected chi connectivity index (χ3v) is 9.39. The van der Waals surface area contributed by atoms with E-state index < -0.39 is 0 Å². The smallest absolute Gasteiger partial charge is 0.136 e. The van der Waals surface area contributed by atoms with E-state index in [0.29, 0.717) is 0 Å². The van der Waals surface area contributed by atoms with Crippen LogP contribution in [0.15, 0.2) is 138 Å². The number of hydrogen-bond acceptors (Lipinski definition) is 2. The van der Waals surface area contributed by atoms with Gasteiger partial charge in [0.2, 0.25) is 0 Å². The van der Waals surface area contributed by atoms with Crippen molar-refractivity contribution >= 4 is 74.8 Å². The van der Waals surface area contributed by atoms with Crippen molar-refractivity contribution in [3.05, 3.63) is 133 Å². The molecule has 0 saturated carbocycles. The lowest BCUT2D eigenvalue weighted by Gasteiger charge is -2.17. The Balaban J connectivity index is 1.38. The molecule has 9 aromatic rings. The van der Waals surface area contributed by atoms with Crippen LogP contribution in [0.3, 0.4) is 0 Å². The van der Waals surface area contributed by atoms with E-state index in [1.165, 1.54) is 63.6 Å². The highest BCUT2D eigenvalue weighted by Gasteiger charge is 2.20. The van der Waals surface area contributed by atoms with E-state index in [1.807, 2.05) is 11.3 Å². The SMILES string of the molecule is c1ccc2c(-c3c4ccccc4c(-c4cc5cc6c(cc5o4)sc4ccccc46)c4ccccc34)cccc2c1. The summed E-state index contributed by atoms with van der Waals surface area (Å²) in [4.78, 5) is 0. The van der Waals surface area contributed by atoms with Crippen molar-refractivity contribution in [3.8, 4) is 22.5 Å². The molecule has 2 heteroatoms. The molecule has 0 N–H and O–H groups in total. The molecule has 0 bridgehead atoms. The lowest BCUT2D eigenvalue weighted by Crippen LogP contribution is -1.90. The van der Waals surface area contributed by atoms with Crippen LogP contribution in [-0.2, 0) is 0 Å². The summed E-state index contributed by atoms with van der Waals surface area (Å²) in [7, 11) is 0. The summed E-state index contributed by atoms with van der Waals surface area (Å²) in [5, 5.41) is 11.1. The van der Waals surface area contributed by atoms with Crippen molar-refractivity contribution in [1.29, 1.82) is 0 Å². The van der Waals surface area contributed by atoms with Gasteiger partial charge in [0, 0.05) is 31.1 Å². The Bertz CT molecular complexity index is 2380. The summed E-state index contributed by atoms with van der Waals surface area (Å²) in [6.07, 6.45) is 0. The monoisotopic (exact) mass is 526 g/mol. The van der Waals surface area contributed by atoms with E-state index >= 15 is 0 Å². The molecule has 0 aliphatic heterocycles. The fourth-order valence-electron chi connectivity index (χ4n) is 6.51. The van der Waals surface area contributed by atoms with Gasteiger partial charge in [-0.3, -0.25) is 0 Å². The van der Waals surface area contributed by atoms with Crippen LogP contribution in [0.5, 0.6) is 0 Å². The van der Waals surface area contributed by atoms with Gasteiger partial charge in [0.15, 0.2) is 0 Å². The van der Waals surface area contributed by atoms with Crippen molar-refractivity contribution in [3.63, 3.8) is 0 Å². The zero-order valence-electron chi connectivity index (χ0n) is 21.5. The molecule has 40 heavy (non-hydrogen) atoms. The molecular weight excluding hydrogens is 504 g/mol. The first-order valence-electron chi connectivity index (χ1n) is 13.6. The van der Waals surface area contributed by atoms with Crippen molar-refractivity contribution in [2.45, 2.75) is 0 Å². The van der Waals surface area contributed by atoms with E-state index in [9.17, 15) is 0 Å². The Morgan fingerprint density at radius 2 is 1.00 bits per heavy atom. The molecule has 0 radical (unpaired) electrons. The highest BCUT2D eigenvalue weighted by molar-refractivity contribution is 7.25. The average molecular weight is 527 g/mol. The van der Waals surface area contributed by atoms with Crippen LogP contribution >= 0.6 is 11.3 Å². The normalized spacial score (nSPS) is 12.0. The summed E-state index contributed by atoms with van der Waals surface area (Å²) in [6.45, 7) is 0. The Hall–Kier alpha value is -4.92. The van der Waals surface area contributed by atoms with E-state index in [-0.39, 0.29) is 0 Å². The van der Waals surface area contributed by atoms with Gasteiger partial charge in [0.25, 0.3) is 0 Å². The summed E-state index contributed by atoms with van der Waals surface area (Å²) < 4.78 is 9.27. The van der Waals surface area contributed by atoms with Gasteiger partial charge in [-0.05, 0) is 67.7 Å². The fourth-order valence-corrected chi connectivity index (χ4v) is 7.63. The minimum absolute atomic E-state index is 0.911. The molecule has 186 valence electrons. The Labute approximate surface area is 234 Å². The standard InChI is InChI=1S/C38H22OS/c1-2-12-25-23(10-1)11-9-18-27(25)37-28-14-3-5-16-30(28)38(31-17-6-4-15-29(31)37)34-21-24-20-32-26-13-7-8-19-35(26)40-36(32)22-33(24)39-34/h1-22H. The molecule has 1 nitrogen and oxygen atoms in total. The van der Waals surface area contributed by atoms with Gasteiger partial charge in [-0.25, -0.2) is 0 Å². The maximum Gasteiger partial charge on any atom is 0.136 e. The summed E-state index contributed by atoms with van der Waals surface area (Å²) in [5.41, 5.74) is 4.61. The molecule has 0 fully saturated rings. The molecule has 9 rings (SSSR count). The molecule has 0 saturated heterocycles. The molecule has 0 aliphatic carbocycles. The summed E-state index contributed by atoms with van der Waals surface area (Å²) in [5.74, 6) is 0.911. The third-order valence-electron chi connectivity index (χ3n) is 8.25. The van der Waals surface area contributed by atoms with Gasteiger partial charge in [0.1, 0.15) is 11.3 Å². The highest BCUT2D eigenvalue weighted by Crippen LogP contribution is 2.46. The average Bonchev–Trinajstić information content (AvgIpc) is 3.58. The van der Waals surface area contributed by atoms with E-state index in [0.717, 1.165) is 22.3 Å². The number of rotatable bonds is 2. The number of furan rings is 1. The van der Waals surface area contributed by atoms with Crippen molar-refractivity contribution in [2.75, 3.05) is 0 Å². The van der Waals surface area contributed by atoms with Crippen molar-refractivity contribution in [1.82, 2.24) is 0 Å². The van der Waals surface area contributed by atoms with Gasteiger partial charge in [-0.15, -0.1) is 11.3 Å². The van der Waals surface area contributed by atoms with Crippen molar-refractivity contribution in [2.24, 2.45) is 0 Å². The van der Waals surface area contributed by atoms with Crippen LogP contribution in [0, 0.1) is 0 Å². The van der Waals surface area contributed by atoms with Crippen LogP contribution in [-0.4, -0.2) is 0 Å².